The summed E-state index contributed by atoms with van der Waals surface area (Å²) in [6.45, 7) is 9.29. The maximum atomic E-state index is 12.0. The molecule has 2 amide bonds. The van der Waals surface area contributed by atoms with Gasteiger partial charge in [0.25, 0.3) is 0 Å². The van der Waals surface area contributed by atoms with Crippen LogP contribution in [0.1, 0.15) is 46.5 Å². The molecule has 0 aromatic rings. The average Bonchev–Trinajstić information content (AvgIpc) is 2.56. The zero-order valence-corrected chi connectivity index (χ0v) is 12.3. The fourth-order valence-electron chi connectivity index (χ4n) is 3.34. The minimum atomic E-state index is -0.364. The van der Waals surface area contributed by atoms with Crippen LogP contribution in [0.2, 0.25) is 0 Å². The molecule has 2 heterocycles. The molecule has 1 spiro atoms. The predicted molar refractivity (Wildman–Crippen MR) is 76.5 cm³/mol. The number of nitrogens with one attached hydrogen (secondary N) is 2. The van der Waals surface area contributed by atoms with Crippen LogP contribution in [0.5, 0.6) is 0 Å². The van der Waals surface area contributed by atoms with Crippen molar-refractivity contribution in [3.05, 3.63) is 0 Å². The van der Waals surface area contributed by atoms with E-state index >= 15 is 0 Å². The zero-order valence-electron chi connectivity index (χ0n) is 12.3. The SMILES string of the molecule is CCCN1C(=O)NC(=N)C12CCCN(C(C)C)CC2. The number of hydrogen-bond donors (Lipinski definition) is 2. The Morgan fingerprint density at radius 2 is 2.11 bits per heavy atom. The summed E-state index contributed by atoms with van der Waals surface area (Å²) < 4.78 is 0. The van der Waals surface area contributed by atoms with E-state index in [2.05, 4.69) is 31.0 Å². The van der Waals surface area contributed by atoms with E-state index in [0.717, 1.165) is 45.3 Å². The molecule has 2 rings (SSSR count). The highest BCUT2D eigenvalue weighted by atomic mass is 16.2. The maximum Gasteiger partial charge on any atom is 0.323 e. The molecule has 2 saturated heterocycles. The van der Waals surface area contributed by atoms with Gasteiger partial charge >= 0.3 is 6.03 Å². The van der Waals surface area contributed by atoms with E-state index in [1.54, 1.807) is 0 Å². The largest absolute Gasteiger partial charge is 0.323 e. The fraction of sp³-hybridized carbons (Fsp3) is 0.857. The first kappa shape index (κ1) is 14.3. The van der Waals surface area contributed by atoms with Gasteiger partial charge in [-0.3, -0.25) is 10.7 Å². The Morgan fingerprint density at radius 1 is 1.37 bits per heavy atom. The number of amides is 2. The van der Waals surface area contributed by atoms with Crippen LogP contribution in [0.4, 0.5) is 4.79 Å². The summed E-state index contributed by atoms with van der Waals surface area (Å²) in [6.07, 6.45) is 3.78. The average molecular weight is 266 g/mol. The number of amidine groups is 1. The molecule has 0 aromatic carbocycles. The molecule has 2 N–H and O–H groups in total. The van der Waals surface area contributed by atoms with Crippen molar-refractivity contribution >= 4 is 11.9 Å². The minimum absolute atomic E-state index is 0.0788. The van der Waals surface area contributed by atoms with Crippen LogP contribution in [0, 0.1) is 5.41 Å². The maximum absolute atomic E-state index is 12.0. The third-order valence-electron chi connectivity index (χ3n) is 4.48. The number of nitrogens with zero attached hydrogens (tertiary/aromatic N) is 2. The normalized spacial score (nSPS) is 29.2. The number of urea groups is 1. The molecule has 0 bridgehead atoms. The van der Waals surface area contributed by atoms with Crippen LogP contribution in [0.3, 0.4) is 0 Å². The van der Waals surface area contributed by atoms with Crippen molar-refractivity contribution < 1.29 is 4.79 Å². The first-order valence-electron chi connectivity index (χ1n) is 7.43. The van der Waals surface area contributed by atoms with E-state index in [9.17, 15) is 4.79 Å². The first-order chi connectivity index (χ1) is 9.01. The third-order valence-corrected chi connectivity index (χ3v) is 4.48. The Hall–Kier alpha value is -1.10. The van der Waals surface area contributed by atoms with Crippen LogP contribution in [0.25, 0.3) is 0 Å². The Kier molecular flexibility index (Phi) is 4.13. The lowest BCUT2D eigenvalue weighted by molar-refractivity contribution is 0.158. The molecule has 108 valence electrons. The standard InChI is InChI=1S/C14H26N4O/c1-4-8-18-13(19)16-12(15)14(18)6-5-9-17(10-7-14)11(2)3/h11H,4-10H2,1-3H3,(H2,15,16,19). The Labute approximate surface area is 115 Å². The Bertz CT molecular complexity index is 368. The number of likely N-dealkylation sites (tertiary alicyclic amines) is 1. The zero-order chi connectivity index (χ0) is 14.0. The van der Waals surface area contributed by atoms with E-state index in [1.807, 2.05) is 4.90 Å². The van der Waals surface area contributed by atoms with E-state index in [0.29, 0.717) is 11.9 Å². The van der Waals surface area contributed by atoms with Gasteiger partial charge in [-0.1, -0.05) is 6.92 Å². The molecule has 2 aliphatic heterocycles. The van der Waals surface area contributed by atoms with Crippen LogP contribution in [-0.4, -0.2) is 52.9 Å². The molecule has 1 atom stereocenters. The fourth-order valence-corrected chi connectivity index (χ4v) is 3.34. The van der Waals surface area contributed by atoms with Gasteiger partial charge in [0.05, 0.1) is 0 Å². The van der Waals surface area contributed by atoms with E-state index in [4.69, 9.17) is 5.41 Å². The first-order valence-corrected chi connectivity index (χ1v) is 7.43. The minimum Gasteiger partial charge on any atom is -0.312 e. The number of carbonyl (C=O) groups is 1. The summed E-state index contributed by atoms with van der Waals surface area (Å²) in [4.78, 5) is 16.4. The van der Waals surface area contributed by atoms with Gasteiger partial charge in [-0.2, -0.15) is 0 Å². The van der Waals surface area contributed by atoms with Gasteiger partial charge in [0, 0.05) is 19.1 Å². The molecule has 2 aliphatic rings. The van der Waals surface area contributed by atoms with E-state index in [-0.39, 0.29) is 11.6 Å². The molecule has 19 heavy (non-hydrogen) atoms. The molecule has 0 radical (unpaired) electrons. The molecule has 0 aliphatic carbocycles. The number of hydrogen-bond acceptors (Lipinski definition) is 3. The van der Waals surface area contributed by atoms with Crippen molar-refractivity contribution in [1.82, 2.24) is 15.1 Å². The second kappa shape index (κ2) is 5.49. The molecule has 5 heteroatoms. The molecule has 0 aromatic heterocycles. The van der Waals surface area contributed by atoms with Crippen molar-refractivity contribution in [2.24, 2.45) is 0 Å². The Balaban J connectivity index is 2.20. The van der Waals surface area contributed by atoms with Crippen LogP contribution in [-0.2, 0) is 0 Å². The van der Waals surface area contributed by atoms with Crippen molar-refractivity contribution in [2.45, 2.75) is 58.0 Å². The summed E-state index contributed by atoms with van der Waals surface area (Å²) in [5.74, 6) is 0.413. The van der Waals surface area contributed by atoms with E-state index < -0.39 is 0 Å². The quantitative estimate of drug-likeness (QED) is 0.821. The van der Waals surface area contributed by atoms with Gasteiger partial charge in [-0.05, 0) is 46.1 Å². The summed E-state index contributed by atoms with van der Waals surface area (Å²) in [5.41, 5.74) is -0.364. The third kappa shape index (κ3) is 2.48. The molecular weight excluding hydrogens is 240 g/mol. The number of carbonyl (C=O) groups excluding carboxylic acids is 1. The van der Waals surface area contributed by atoms with Gasteiger partial charge in [0.1, 0.15) is 11.4 Å². The van der Waals surface area contributed by atoms with Gasteiger partial charge in [0.15, 0.2) is 0 Å². The van der Waals surface area contributed by atoms with Crippen LogP contribution >= 0.6 is 0 Å². The smallest absolute Gasteiger partial charge is 0.312 e. The van der Waals surface area contributed by atoms with Crippen LogP contribution < -0.4 is 5.32 Å². The molecule has 2 fully saturated rings. The van der Waals surface area contributed by atoms with E-state index in [1.165, 1.54) is 0 Å². The molecular formula is C14H26N4O. The lowest BCUT2D eigenvalue weighted by Gasteiger charge is -2.36. The van der Waals surface area contributed by atoms with Crippen molar-refractivity contribution in [1.29, 1.82) is 5.41 Å². The molecule has 5 nitrogen and oxygen atoms in total. The topological polar surface area (TPSA) is 59.4 Å². The molecule has 0 saturated carbocycles. The highest BCUT2D eigenvalue weighted by Gasteiger charge is 2.49. The summed E-state index contributed by atoms with van der Waals surface area (Å²) in [5, 5.41) is 10.9. The Morgan fingerprint density at radius 3 is 2.74 bits per heavy atom. The van der Waals surface area contributed by atoms with Gasteiger partial charge < -0.3 is 9.80 Å². The predicted octanol–water partition coefficient (Wildman–Crippen LogP) is 2.03. The van der Waals surface area contributed by atoms with Gasteiger partial charge in [-0.25, -0.2) is 4.79 Å². The summed E-state index contributed by atoms with van der Waals surface area (Å²) in [6, 6.07) is 0.457. The monoisotopic (exact) mass is 266 g/mol. The summed E-state index contributed by atoms with van der Waals surface area (Å²) >= 11 is 0. The van der Waals surface area contributed by atoms with Gasteiger partial charge in [-0.15, -0.1) is 0 Å². The van der Waals surface area contributed by atoms with Crippen molar-refractivity contribution in [2.75, 3.05) is 19.6 Å². The second-order valence-corrected chi connectivity index (χ2v) is 5.97. The van der Waals surface area contributed by atoms with Gasteiger partial charge in [0.2, 0.25) is 0 Å². The highest BCUT2D eigenvalue weighted by molar-refractivity contribution is 6.08. The van der Waals surface area contributed by atoms with Crippen molar-refractivity contribution in [3.63, 3.8) is 0 Å². The second-order valence-electron chi connectivity index (χ2n) is 5.97. The van der Waals surface area contributed by atoms with Crippen molar-refractivity contribution in [3.8, 4) is 0 Å². The number of rotatable bonds is 3. The summed E-state index contributed by atoms with van der Waals surface area (Å²) in [7, 11) is 0. The van der Waals surface area contributed by atoms with Crippen LogP contribution in [0.15, 0.2) is 0 Å². The lowest BCUT2D eigenvalue weighted by Crippen LogP contribution is -2.50. The molecule has 1 unspecified atom stereocenters. The lowest BCUT2D eigenvalue weighted by atomic mass is 9.88. The highest BCUT2D eigenvalue weighted by Crippen LogP contribution is 2.33.